The average Bonchev–Trinajstić information content (AvgIpc) is 3.19. The summed E-state index contributed by atoms with van der Waals surface area (Å²) in [6.07, 6.45) is 5.41. The molecule has 1 fully saturated rings. The highest BCUT2D eigenvalue weighted by Crippen LogP contribution is 2.21. The summed E-state index contributed by atoms with van der Waals surface area (Å²) in [5, 5.41) is 9.86. The molecule has 2 aromatic rings. The second-order valence-corrected chi connectivity index (χ2v) is 5.08. The van der Waals surface area contributed by atoms with Gasteiger partial charge >= 0.3 is 0 Å². The number of nitrogens with zero attached hydrogens (tertiary/aromatic N) is 3. The molecule has 110 valence electrons. The fourth-order valence-electron chi connectivity index (χ4n) is 2.36. The van der Waals surface area contributed by atoms with Gasteiger partial charge in [0.15, 0.2) is 0 Å². The minimum atomic E-state index is -0.340. The van der Waals surface area contributed by atoms with Crippen LogP contribution in [0.3, 0.4) is 0 Å². The number of pyridine rings is 1. The number of hydrogen-bond acceptors (Lipinski definition) is 6. The molecule has 0 aliphatic carbocycles. The Morgan fingerprint density at radius 1 is 1.48 bits per heavy atom. The first kappa shape index (κ1) is 13.7. The Morgan fingerprint density at radius 3 is 3.00 bits per heavy atom. The van der Waals surface area contributed by atoms with Crippen molar-refractivity contribution in [2.45, 2.75) is 31.8 Å². The van der Waals surface area contributed by atoms with E-state index >= 15 is 0 Å². The maximum atomic E-state index is 12.1. The van der Waals surface area contributed by atoms with E-state index in [1.54, 1.807) is 12.4 Å². The molecule has 0 saturated carbocycles. The van der Waals surface area contributed by atoms with Gasteiger partial charge in [-0.25, -0.2) is 0 Å². The molecule has 3 heterocycles. The van der Waals surface area contributed by atoms with Crippen LogP contribution in [0.4, 0.5) is 0 Å². The van der Waals surface area contributed by atoms with Crippen molar-refractivity contribution in [1.82, 2.24) is 25.8 Å². The van der Waals surface area contributed by atoms with Gasteiger partial charge in [0.2, 0.25) is 5.89 Å². The zero-order chi connectivity index (χ0) is 14.7. The number of aromatic nitrogens is 3. The first-order valence-corrected chi connectivity index (χ1v) is 7.02. The van der Waals surface area contributed by atoms with Gasteiger partial charge in [-0.1, -0.05) is 5.16 Å². The largest absolute Gasteiger partial charge is 0.343 e. The number of carbonyl (C=O) groups is 1. The zero-order valence-electron chi connectivity index (χ0n) is 11.7. The third kappa shape index (κ3) is 3.08. The summed E-state index contributed by atoms with van der Waals surface area (Å²) in [5.41, 5.74) is 0.972. The molecule has 1 aliphatic rings. The highest BCUT2D eigenvalue weighted by Gasteiger charge is 2.24. The molecule has 3 rings (SSSR count). The van der Waals surface area contributed by atoms with Gasteiger partial charge in [0, 0.05) is 12.4 Å². The van der Waals surface area contributed by atoms with Gasteiger partial charge < -0.3 is 15.2 Å². The van der Waals surface area contributed by atoms with E-state index in [1.165, 1.54) is 0 Å². The second-order valence-electron chi connectivity index (χ2n) is 5.08. The van der Waals surface area contributed by atoms with Crippen LogP contribution in [0.25, 0.3) is 0 Å². The van der Waals surface area contributed by atoms with E-state index in [0.717, 1.165) is 24.9 Å². The molecular weight excluding hydrogens is 270 g/mol. The summed E-state index contributed by atoms with van der Waals surface area (Å²) in [4.78, 5) is 20.3. The predicted octanol–water partition coefficient (Wildman–Crippen LogP) is 1.38. The van der Waals surface area contributed by atoms with Gasteiger partial charge in [-0.2, -0.15) is 4.98 Å². The number of rotatable bonds is 4. The maximum Gasteiger partial charge on any atom is 0.293 e. The maximum absolute atomic E-state index is 12.1. The van der Waals surface area contributed by atoms with Crippen LogP contribution in [-0.4, -0.2) is 27.6 Å². The van der Waals surface area contributed by atoms with Crippen molar-refractivity contribution >= 4 is 5.91 Å². The van der Waals surface area contributed by atoms with Crippen LogP contribution in [-0.2, 0) is 0 Å². The highest BCUT2D eigenvalue weighted by atomic mass is 16.5. The lowest BCUT2D eigenvalue weighted by Gasteiger charge is -2.12. The van der Waals surface area contributed by atoms with Crippen molar-refractivity contribution in [3.8, 4) is 0 Å². The Kier molecular flexibility index (Phi) is 3.92. The fourth-order valence-corrected chi connectivity index (χ4v) is 2.36. The minimum Gasteiger partial charge on any atom is -0.343 e. The normalized spacial score (nSPS) is 19.4. The molecule has 0 aromatic carbocycles. The van der Waals surface area contributed by atoms with Crippen LogP contribution in [0.1, 0.15) is 53.9 Å². The van der Waals surface area contributed by atoms with E-state index in [9.17, 15) is 4.79 Å². The molecule has 2 aromatic heterocycles. The smallest absolute Gasteiger partial charge is 0.293 e. The topological polar surface area (TPSA) is 92.9 Å². The standard InChI is InChI=1S/C14H17N5O2/c1-9(10-4-7-15-8-5-10)17-13(20)12-18-14(21-19-12)11-3-2-6-16-11/h4-5,7-9,11,16H,2-3,6H2,1H3,(H,17,20)/t9-,11?/m1/s1. The third-order valence-corrected chi connectivity index (χ3v) is 3.56. The Morgan fingerprint density at radius 2 is 2.29 bits per heavy atom. The van der Waals surface area contributed by atoms with E-state index in [1.807, 2.05) is 19.1 Å². The van der Waals surface area contributed by atoms with Crippen molar-refractivity contribution < 1.29 is 9.32 Å². The van der Waals surface area contributed by atoms with Crippen LogP contribution in [0, 0.1) is 0 Å². The molecular formula is C14H17N5O2. The van der Waals surface area contributed by atoms with Crippen molar-refractivity contribution in [1.29, 1.82) is 0 Å². The quantitative estimate of drug-likeness (QED) is 0.882. The molecule has 1 aliphatic heterocycles. The lowest BCUT2D eigenvalue weighted by Crippen LogP contribution is -2.27. The third-order valence-electron chi connectivity index (χ3n) is 3.56. The minimum absolute atomic E-state index is 0.0664. The number of nitrogens with one attached hydrogen (secondary N) is 2. The summed E-state index contributed by atoms with van der Waals surface area (Å²) in [7, 11) is 0. The number of hydrogen-bond donors (Lipinski definition) is 2. The van der Waals surface area contributed by atoms with E-state index in [4.69, 9.17) is 4.52 Å². The molecule has 1 saturated heterocycles. The van der Waals surface area contributed by atoms with Crippen molar-refractivity contribution in [2.24, 2.45) is 0 Å². The number of carbonyl (C=O) groups excluding carboxylic acids is 1. The van der Waals surface area contributed by atoms with Crippen LogP contribution in [0.2, 0.25) is 0 Å². The summed E-state index contributed by atoms with van der Waals surface area (Å²) in [6, 6.07) is 3.63. The van der Waals surface area contributed by atoms with E-state index in [2.05, 4.69) is 25.8 Å². The summed E-state index contributed by atoms with van der Waals surface area (Å²) >= 11 is 0. The molecule has 2 atom stereocenters. The summed E-state index contributed by atoms with van der Waals surface area (Å²) < 4.78 is 5.16. The molecule has 0 radical (unpaired) electrons. The predicted molar refractivity (Wildman–Crippen MR) is 74.4 cm³/mol. The van der Waals surface area contributed by atoms with Gasteiger partial charge in [0.25, 0.3) is 11.7 Å². The SMILES string of the molecule is C[C@@H](NC(=O)c1noc(C2CCCN2)n1)c1ccncc1. The van der Waals surface area contributed by atoms with Crippen molar-refractivity contribution in [3.63, 3.8) is 0 Å². The van der Waals surface area contributed by atoms with E-state index in [-0.39, 0.29) is 23.8 Å². The molecule has 1 amide bonds. The Labute approximate surface area is 122 Å². The molecule has 1 unspecified atom stereocenters. The molecule has 2 N–H and O–H groups in total. The Hall–Kier alpha value is -2.28. The first-order valence-electron chi connectivity index (χ1n) is 7.02. The first-order chi connectivity index (χ1) is 10.2. The lowest BCUT2D eigenvalue weighted by molar-refractivity contribution is 0.0926. The molecule has 21 heavy (non-hydrogen) atoms. The second kappa shape index (κ2) is 6.01. The van der Waals surface area contributed by atoms with Crippen LogP contribution < -0.4 is 10.6 Å². The fraction of sp³-hybridized carbons (Fsp3) is 0.429. The molecule has 0 bridgehead atoms. The average molecular weight is 287 g/mol. The monoisotopic (exact) mass is 287 g/mol. The summed E-state index contributed by atoms with van der Waals surface area (Å²) in [5.74, 6) is 0.209. The van der Waals surface area contributed by atoms with Gasteiger partial charge in [-0.05, 0) is 44.0 Å². The Balaban J connectivity index is 1.65. The van der Waals surface area contributed by atoms with Crippen molar-refractivity contribution in [3.05, 3.63) is 41.8 Å². The van der Waals surface area contributed by atoms with Gasteiger partial charge in [0.05, 0.1) is 12.1 Å². The van der Waals surface area contributed by atoms with E-state index < -0.39 is 0 Å². The van der Waals surface area contributed by atoms with Crippen LogP contribution in [0.15, 0.2) is 29.0 Å². The molecule has 0 spiro atoms. The van der Waals surface area contributed by atoms with Crippen LogP contribution in [0.5, 0.6) is 0 Å². The Bertz CT molecular complexity index is 607. The highest BCUT2D eigenvalue weighted by molar-refractivity contribution is 5.90. The summed E-state index contributed by atoms with van der Waals surface area (Å²) in [6.45, 7) is 2.83. The van der Waals surface area contributed by atoms with Gasteiger partial charge in [-0.15, -0.1) is 0 Å². The van der Waals surface area contributed by atoms with Gasteiger partial charge in [-0.3, -0.25) is 9.78 Å². The number of amides is 1. The molecule has 7 heteroatoms. The lowest BCUT2D eigenvalue weighted by atomic mass is 10.1. The van der Waals surface area contributed by atoms with Crippen molar-refractivity contribution in [2.75, 3.05) is 6.54 Å². The molecule has 7 nitrogen and oxygen atoms in total. The van der Waals surface area contributed by atoms with Crippen LogP contribution >= 0.6 is 0 Å². The van der Waals surface area contributed by atoms with E-state index in [0.29, 0.717) is 5.89 Å². The van der Waals surface area contributed by atoms with Gasteiger partial charge in [0.1, 0.15) is 0 Å². The zero-order valence-corrected chi connectivity index (χ0v) is 11.7.